The van der Waals surface area contributed by atoms with E-state index in [0.29, 0.717) is 0 Å². The summed E-state index contributed by atoms with van der Waals surface area (Å²) in [6.45, 7) is 2.00. The first-order valence-electron chi connectivity index (χ1n) is 8.92. The number of carbonyl (C=O) groups excluding carboxylic acids is 2. The van der Waals surface area contributed by atoms with Crippen LogP contribution in [0.1, 0.15) is 18.1 Å². The Labute approximate surface area is 158 Å². The Morgan fingerprint density at radius 2 is 1.33 bits per heavy atom. The molecule has 0 radical (unpaired) electrons. The second-order valence-corrected chi connectivity index (χ2v) is 6.88. The van der Waals surface area contributed by atoms with E-state index in [1.54, 1.807) is 6.92 Å². The summed E-state index contributed by atoms with van der Waals surface area (Å²) in [4.78, 5) is 26.7. The molecule has 1 fully saturated rings. The van der Waals surface area contributed by atoms with Gasteiger partial charge in [0.25, 0.3) is 5.91 Å². The smallest absolute Gasteiger partial charge is 0.319 e. The average molecular weight is 356 g/mol. The molecule has 3 amide bonds. The number of urea groups is 1. The number of imide groups is 1. The van der Waals surface area contributed by atoms with E-state index in [4.69, 9.17) is 0 Å². The van der Waals surface area contributed by atoms with Crippen LogP contribution >= 0.6 is 0 Å². The Bertz CT molecular complexity index is 968. The largest absolute Gasteiger partial charge is 0.325 e. The van der Waals surface area contributed by atoms with Crippen molar-refractivity contribution < 1.29 is 9.59 Å². The van der Waals surface area contributed by atoms with E-state index in [0.717, 1.165) is 22.3 Å². The fraction of sp³-hybridized carbons (Fsp3) is 0.130. The van der Waals surface area contributed by atoms with Crippen LogP contribution in [0.2, 0.25) is 0 Å². The number of hydrogen-bond donors (Lipinski definition) is 1. The standard InChI is InChI=1S/C23H20N2O2/c1-23(20-10-6-3-7-11-20)21(26)25(22(27)24-23)16-17-12-14-19(15-13-17)18-8-4-2-5-9-18/h2-15H,16H2,1H3,(H,24,27)/t23-/m0/s1. The first-order valence-corrected chi connectivity index (χ1v) is 8.92. The zero-order chi connectivity index (χ0) is 18.9. The van der Waals surface area contributed by atoms with Crippen LogP contribution in [0.5, 0.6) is 0 Å². The normalized spacial score (nSPS) is 19.2. The van der Waals surface area contributed by atoms with Crippen LogP contribution in [0.4, 0.5) is 4.79 Å². The highest BCUT2D eigenvalue weighted by Gasteiger charge is 2.48. The summed E-state index contributed by atoms with van der Waals surface area (Å²) < 4.78 is 0. The molecule has 1 aliphatic heterocycles. The van der Waals surface area contributed by atoms with Crippen LogP contribution in [-0.2, 0) is 16.9 Å². The van der Waals surface area contributed by atoms with E-state index in [1.807, 2.05) is 72.8 Å². The third kappa shape index (κ3) is 3.10. The summed E-state index contributed by atoms with van der Waals surface area (Å²) in [7, 11) is 0. The fourth-order valence-electron chi connectivity index (χ4n) is 3.42. The molecule has 1 saturated heterocycles. The third-order valence-corrected chi connectivity index (χ3v) is 5.03. The highest BCUT2D eigenvalue weighted by Crippen LogP contribution is 2.30. The van der Waals surface area contributed by atoms with Crippen molar-refractivity contribution in [2.24, 2.45) is 0 Å². The highest BCUT2D eigenvalue weighted by atomic mass is 16.2. The van der Waals surface area contributed by atoms with Crippen molar-refractivity contribution >= 4 is 11.9 Å². The minimum Gasteiger partial charge on any atom is -0.319 e. The van der Waals surface area contributed by atoms with E-state index < -0.39 is 5.54 Å². The van der Waals surface area contributed by atoms with Crippen LogP contribution in [0, 0.1) is 0 Å². The Morgan fingerprint density at radius 1 is 0.778 bits per heavy atom. The molecular weight excluding hydrogens is 336 g/mol. The fourth-order valence-corrected chi connectivity index (χ4v) is 3.42. The number of benzene rings is 3. The van der Waals surface area contributed by atoms with Crippen molar-refractivity contribution in [3.8, 4) is 11.1 Å². The van der Waals surface area contributed by atoms with Crippen molar-refractivity contribution in [3.63, 3.8) is 0 Å². The van der Waals surface area contributed by atoms with Gasteiger partial charge < -0.3 is 5.32 Å². The molecule has 0 unspecified atom stereocenters. The lowest BCUT2D eigenvalue weighted by Gasteiger charge is -2.22. The zero-order valence-electron chi connectivity index (χ0n) is 15.1. The van der Waals surface area contributed by atoms with Crippen molar-refractivity contribution in [1.29, 1.82) is 0 Å². The lowest BCUT2D eigenvalue weighted by Crippen LogP contribution is -2.40. The topological polar surface area (TPSA) is 49.4 Å². The van der Waals surface area contributed by atoms with Crippen molar-refractivity contribution in [3.05, 3.63) is 96.1 Å². The molecule has 4 rings (SSSR count). The molecule has 3 aromatic carbocycles. The lowest BCUT2D eigenvalue weighted by atomic mass is 9.92. The van der Waals surface area contributed by atoms with Gasteiger partial charge >= 0.3 is 6.03 Å². The van der Waals surface area contributed by atoms with Gasteiger partial charge in [0.2, 0.25) is 0 Å². The van der Waals surface area contributed by atoms with E-state index in [2.05, 4.69) is 17.4 Å². The van der Waals surface area contributed by atoms with Crippen molar-refractivity contribution in [2.45, 2.75) is 19.0 Å². The molecule has 134 valence electrons. The number of carbonyl (C=O) groups is 2. The van der Waals surface area contributed by atoms with Gasteiger partial charge in [-0.2, -0.15) is 0 Å². The van der Waals surface area contributed by atoms with Gasteiger partial charge in [-0.1, -0.05) is 84.9 Å². The molecule has 27 heavy (non-hydrogen) atoms. The third-order valence-electron chi connectivity index (χ3n) is 5.03. The highest BCUT2D eigenvalue weighted by molar-refractivity contribution is 6.07. The number of amides is 3. The van der Waals surface area contributed by atoms with E-state index >= 15 is 0 Å². The molecule has 0 spiro atoms. The van der Waals surface area contributed by atoms with Crippen LogP contribution < -0.4 is 5.32 Å². The number of nitrogens with zero attached hydrogens (tertiary/aromatic N) is 1. The predicted molar refractivity (Wildman–Crippen MR) is 105 cm³/mol. The molecule has 4 nitrogen and oxygen atoms in total. The second kappa shape index (κ2) is 6.72. The second-order valence-electron chi connectivity index (χ2n) is 6.88. The molecule has 0 aromatic heterocycles. The van der Waals surface area contributed by atoms with Gasteiger partial charge in [0, 0.05) is 0 Å². The first-order chi connectivity index (χ1) is 13.1. The summed E-state index contributed by atoms with van der Waals surface area (Å²) in [5.74, 6) is -0.231. The lowest BCUT2D eigenvalue weighted by molar-refractivity contribution is -0.131. The van der Waals surface area contributed by atoms with Gasteiger partial charge in [0.1, 0.15) is 5.54 Å². The number of rotatable bonds is 4. The van der Waals surface area contributed by atoms with Crippen LogP contribution in [0.25, 0.3) is 11.1 Å². The molecule has 4 heteroatoms. The summed E-state index contributed by atoms with van der Waals surface area (Å²) in [6, 6.07) is 27.0. The summed E-state index contributed by atoms with van der Waals surface area (Å²) >= 11 is 0. The SMILES string of the molecule is C[C@@]1(c2ccccc2)NC(=O)N(Cc2ccc(-c3ccccc3)cc2)C1=O. The Morgan fingerprint density at radius 3 is 1.96 bits per heavy atom. The zero-order valence-corrected chi connectivity index (χ0v) is 15.1. The minimum absolute atomic E-state index is 0.231. The molecular formula is C23H20N2O2. The Balaban J connectivity index is 1.54. The summed E-state index contributed by atoms with van der Waals surface area (Å²) in [5, 5.41) is 2.84. The first kappa shape index (κ1) is 17.0. The molecule has 0 bridgehead atoms. The summed E-state index contributed by atoms with van der Waals surface area (Å²) in [6.07, 6.45) is 0. The molecule has 3 aromatic rings. The maximum Gasteiger partial charge on any atom is 0.325 e. The predicted octanol–water partition coefficient (Wildman–Crippen LogP) is 4.32. The number of hydrogen-bond acceptors (Lipinski definition) is 2. The van der Waals surface area contributed by atoms with Gasteiger partial charge in [-0.25, -0.2) is 4.79 Å². The molecule has 0 saturated carbocycles. The summed E-state index contributed by atoms with van der Waals surface area (Å²) in [5.41, 5.74) is 2.91. The van der Waals surface area contributed by atoms with Crippen molar-refractivity contribution in [1.82, 2.24) is 10.2 Å². The monoisotopic (exact) mass is 356 g/mol. The molecule has 1 atom stereocenters. The van der Waals surface area contributed by atoms with Crippen molar-refractivity contribution in [2.75, 3.05) is 0 Å². The number of nitrogens with one attached hydrogen (secondary N) is 1. The molecule has 0 aliphatic carbocycles. The maximum absolute atomic E-state index is 13.0. The molecule has 1 N–H and O–H groups in total. The van der Waals surface area contributed by atoms with Crippen LogP contribution in [0.3, 0.4) is 0 Å². The van der Waals surface area contributed by atoms with E-state index in [-0.39, 0.29) is 18.5 Å². The molecule has 1 aliphatic rings. The van der Waals surface area contributed by atoms with Gasteiger partial charge in [0.15, 0.2) is 0 Å². The van der Waals surface area contributed by atoms with Gasteiger partial charge in [-0.3, -0.25) is 9.69 Å². The van der Waals surface area contributed by atoms with Gasteiger partial charge in [0.05, 0.1) is 6.54 Å². The molecule has 1 heterocycles. The Hall–Kier alpha value is -3.40. The van der Waals surface area contributed by atoms with E-state index in [9.17, 15) is 9.59 Å². The van der Waals surface area contributed by atoms with Gasteiger partial charge in [-0.15, -0.1) is 0 Å². The Kier molecular flexibility index (Phi) is 4.24. The van der Waals surface area contributed by atoms with Gasteiger partial charge in [-0.05, 0) is 29.2 Å². The van der Waals surface area contributed by atoms with Crippen LogP contribution in [0.15, 0.2) is 84.9 Å². The van der Waals surface area contributed by atoms with E-state index in [1.165, 1.54) is 4.90 Å². The average Bonchev–Trinajstić information content (AvgIpc) is 2.94. The van der Waals surface area contributed by atoms with Crippen LogP contribution in [-0.4, -0.2) is 16.8 Å². The maximum atomic E-state index is 13.0. The quantitative estimate of drug-likeness (QED) is 0.708. The minimum atomic E-state index is -1.03.